The lowest BCUT2D eigenvalue weighted by Gasteiger charge is -2.33. The Bertz CT molecular complexity index is 778. The van der Waals surface area contributed by atoms with Crippen molar-refractivity contribution in [2.45, 2.75) is 18.3 Å². The van der Waals surface area contributed by atoms with E-state index in [0.717, 1.165) is 42.8 Å². The fraction of sp³-hybridized carbons (Fsp3) is 0.350. The van der Waals surface area contributed by atoms with Gasteiger partial charge in [0.15, 0.2) is 0 Å². The van der Waals surface area contributed by atoms with Gasteiger partial charge in [0, 0.05) is 18.7 Å². The highest BCUT2D eigenvalue weighted by Gasteiger charge is 2.41. The van der Waals surface area contributed by atoms with Gasteiger partial charge in [-0.1, -0.05) is 12.1 Å². The molecule has 1 heterocycles. The van der Waals surface area contributed by atoms with Crippen LogP contribution >= 0.6 is 0 Å². The van der Waals surface area contributed by atoms with E-state index in [0.29, 0.717) is 6.54 Å². The summed E-state index contributed by atoms with van der Waals surface area (Å²) in [6.07, 6.45) is 0.764. The smallest absolute Gasteiger partial charge is 0.349 e. The van der Waals surface area contributed by atoms with Crippen molar-refractivity contribution >= 4 is 5.91 Å². The van der Waals surface area contributed by atoms with Crippen LogP contribution in [0.1, 0.15) is 23.5 Å². The van der Waals surface area contributed by atoms with Crippen LogP contribution < -0.4 is 10.6 Å². The molecular formula is C20H20F4N2O. The van der Waals surface area contributed by atoms with Crippen LogP contribution in [-0.4, -0.2) is 25.5 Å². The first-order valence-electron chi connectivity index (χ1n) is 8.76. The minimum absolute atomic E-state index is 0.0339. The van der Waals surface area contributed by atoms with Crippen molar-refractivity contribution < 1.29 is 22.4 Å². The summed E-state index contributed by atoms with van der Waals surface area (Å²) in [7, 11) is 0. The van der Waals surface area contributed by atoms with E-state index < -0.39 is 23.2 Å². The number of hydrogen-bond acceptors (Lipinski definition) is 2. The number of amides is 1. The largest absolute Gasteiger partial charge is 0.350 e. The molecule has 2 aromatic carbocycles. The van der Waals surface area contributed by atoms with Gasteiger partial charge in [-0.25, -0.2) is 8.78 Å². The Labute approximate surface area is 154 Å². The van der Waals surface area contributed by atoms with Gasteiger partial charge in [-0.3, -0.25) is 4.79 Å². The molecule has 27 heavy (non-hydrogen) atoms. The molecule has 3 nitrogen and oxygen atoms in total. The Morgan fingerprint density at radius 1 is 1.04 bits per heavy atom. The number of carbonyl (C=O) groups excluding carboxylic acids is 1. The quantitative estimate of drug-likeness (QED) is 0.779. The van der Waals surface area contributed by atoms with Crippen molar-refractivity contribution in [2.24, 2.45) is 5.92 Å². The second-order valence-electron chi connectivity index (χ2n) is 6.70. The van der Waals surface area contributed by atoms with Crippen LogP contribution in [0.25, 0.3) is 0 Å². The number of nitrogens with one attached hydrogen (secondary N) is 2. The number of rotatable bonds is 5. The van der Waals surface area contributed by atoms with Crippen LogP contribution in [0.4, 0.5) is 17.6 Å². The lowest BCUT2D eigenvalue weighted by molar-refractivity contribution is -0.147. The van der Waals surface area contributed by atoms with Crippen LogP contribution in [0.15, 0.2) is 48.5 Å². The first kappa shape index (κ1) is 19.4. The summed E-state index contributed by atoms with van der Waals surface area (Å²) in [5, 5.41) is 5.51. The van der Waals surface area contributed by atoms with E-state index in [1.807, 2.05) is 0 Å². The van der Waals surface area contributed by atoms with Gasteiger partial charge >= 0.3 is 5.92 Å². The fourth-order valence-electron chi connectivity index (χ4n) is 3.41. The van der Waals surface area contributed by atoms with Gasteiger partial charge in [0.1, 0.15) is 11.6 Å². The molecule has 0 saturated carbocycles. The predicted octanol–water partition coefficient (Wildman–Crippen LogP) is 3.57. The predicted molar refractivity (Wildman–Crippen MR) is 93.4 cm³/mol. The summed E-state index contributed by atoms with van der Waals surface area (Å²) in [4.78, 5) is 12.1. The number of alkyl halides is 2. The van der Waals surface area contributed by atoms with Gasteiger partial charge in [0.2, 0.25) is 0 Å². The lowest BCUT2D eigenvalue weighted by atomic mass is 9.81. The van der Waals surface area contributed by atoms with Crippen LogP contribution in [-0.2, 0) is 10.7 Å². The van der Waals surface area contributed by atoms with Gasteiger partial charge in [0.05, 0.1) is 0 Å². The minimum Gasteiger partial charge on any atom is -0.350 e. The summed E-state index contributed by atoms with van der Waals surface area (Å²) in [5.74, 6) is -6.22. The van der Waals surface area contributed by atoms with Crippen LogP contribution in [0.5, 0.6) is 0 Å². The second-order valence-corrected chi connectivity index (χ2v) is 6.70. The van der Waals surface area contributed by atoms with Gasteiger partial charge in [-0.15, -0.1) is 0 Å². The highest BCUT2D eigenvalue weighted by molar-refractivity contribution is 5.84. The van der Waals surface area contributed by atoms with Crippen molar-refractivity contribution in [3.63, 3.8) is 0 Å². The number of benzene rings is 2. The fourth-order valence-corrected chi connectivity index (χ4v) is 3.41. The molecule has 1 amide bonds. The Morgan fingerprint density at radius 2 is 1.63 bits per heavy atom. The van der Waals surface area contributed by atoms with E-state index in [2.05, 4.69) is 10.6 Å². The van der Waals surface area contributed by atoms with E-state index in [4.69, 9.17) is 0 Å². The third kappa shape index (κ3) is 4.47. The molecule has 0 unspecified atom stereocenters. The normalized spacial score (nSPS) is 20.3. The molecule has 1 aliphatic rings. The zero-order valence-electron chi connectivity index (χ0n) is 14.5. The van der Waals surface area contributed by atoms with Gasteiger partial charge in [0.25, 0.3) is 5.91 Å². The number of hydrogen-bond donors (Lipinski definition) is 2. The maximum Gasteiger partial charge on any atom is 0.349 e. The number of halogens is 4. The van der Waals surface area contributed by atoms with Gasteiger partial charge in [-0.05, 0) is 66.8 Å². The number of piperidine rings is 1. The molecule has 0 radical (unpaired) electrons. The Hall–Kier alpha value is -2.41. The summed E-state index contributed by atoms with van der Waals surface area (Å²) in [6.45, 7) is 1.38. The van der Waals surface area contributed by atoms with Crippen molar-refractivity contribution in [3.8, 4) is 0 Å². The third-order valence-electron chi connectivity index (χ3n) is 4.92. The Kier molecular flexibility index (Phi) is 5.79. The van der Waals surface area contributed by atoms with Crippen LogP contribution in [0.3, 0.4) is 0 Å². The molecule has 1 fully saturated rings. The highest BCUT2D eigenvalue weighted by Crippen LogP contribution is 2.31. The third-order valence-corrected chi connectivity index (χ3v) is 4.92. The standard InChI is InChI=1S/C20H20F4N2O/c21-16-5-1-13(2-6-16)18-9-10-25-11-14(18)12-26-19(27)20(23,24)15-3-7-17(22)8-4-15/h1-8,14,18,25H,9-12H2,(H,26,27)/t14-,18+/m1/s1. The average Bonchev–Trinajstić information content (AvgIpc) is 2.67. The van der Waals surface area contributed by atoms with E-state index >= 15 is 0 Å². The van der Waals surface area contributed by atoms with Gasteiger partial charge < -0.3 is 10.6 Å². The van der Waals surface area contributed by atoms with Crippen molar-refractivity contribution in [1.29, 1.82) is 0 Å². The Balaban J connectivity index is 1.67. The maximum atomic E-state index is 14.3. The molecule has 144 valence electrons. The molecule has 0 bridgehead atoms. The van der Waals surface area contributed by atoms with E-state index in [1.165, 1.54) is 12.1 Å². The molecular weight excluding hydrogens is 360 g/mol. The highest BCUT2D eigenvalue weighted by atomic mass is 19.3. The molecule has 1 aliphatic heterocycles. The topological polar surface area (TPSA) is 41.1 Å². The molecule has 2 aromatic rings. The molecule has 0 aliphatic carbocycles. The van der Waals surface area contributed by atoms with Crippen molar-refractivity contribution in [2.75, 3.05) is 19.6 Å². The van der Waals surface area contributed by atoms with Gasteiger partial charge in [-0.2, -0.15) is 8.78 Å². The molecule has 2 N–H and O–H groups in total. The average molecular weight is 380 g/mol. The maximum absolute atomic E-state index is 14.3. The van der Waals surface area contributed by atoms with E-state index in [-0.39, 0.29) is 24.2 Å². The van der Waals surface area contributed by atoms with Crippen molar-refractivity contribution in [1.82, 2.24) is 10.6 Å². The zero-order chi connectivity index (χ0) is 19.4. The minimum atomic E-state index is -3.75. The number of carbonyl (C=O) groups is 1. The zero-order valence-corrected chi connectivity index (χ0v) is 14.5. The summed E-state index contributed by atoms with van der Waals surface area (Å²) < 4.78 is 54.7. The van der Waals surface area contributed by atoms with Crippen LogP contribution in [0.2, 0.25) is 0 Å². The molecule has 7 heteroatoms. The first-order chi connectivity index (χ1) is 12.9. The molecule has 2 atom stereocenters. The van der Waals surface area contributed by atoms with Crippen LogP contribution in [0, 0.1) is 17.6 Å². The van der Waals surface area contributed by atoms with E-state index in [9.17, 15) is 22.4 Å². The summed E-state index contributed by atoms with van der Waals surface area (Å²) in [6, 6.07) is 9.71. The summed E-state index contributed by atoms with van der Waals surface area (Å²) in [5.41, 5.74) is 0.362. The second kappa shape index (κ2) is 8.08. The lowest BCUT2D eigenvalue weighted by Crippen LogP contribution is -2.45. The Morgan fingerprint density at radius 3 is 2.26 bits per heavy atom. The molecule has 3 rings (SSSR count). The molecule has 1 saturated heterocycles. The molecule has 0 aromatic heterocycles. The first-order valence-corrected chi connectivity index (χ1v) is 8.76. The summed E-state index contributed by atoms with van der Waals surface area (Å²) >= 11 is 0. The monoisotopic (exact) mass is 380 g/mol. The van der Waals surface area contributed by atoms with E-state index in [1.54, 1.807) is 12.1 Å². The van der Waals surface area contributed by atoms with Crippen molar-refractivity contribution in [3.05, 3.63) is 71.3 Å². The SMILES string of the molecule is O=C(NC[C@H]1CNCC[C@H]1c1ccc(F)cc1)C(F)(F)c1ccc(F)cc1. The molecule has 0 spiro atoms.